The van der Waals surface area contributed by atoms with E-state index in [1.807, 2.05) is 0 Å². The maximum absolute atomic E-state index is 2.72. The maximum Gasteiger partial charge on any atom is 0.0479 e. The summed E-state index contributed by atoms with van der Waals surface area (Å²) in [5, 5.41) is 0. The van der Waals surface area contributed by atoms with Crippen LogP contribution >= 0.6 is 0 Å². The van der Waals surface area contributed by atoms with Crippen LogP contribution in [0.3, 0.4) is 0 Å². The van der Waals surface area contributed by atoms with Crippen molar-refractivity contribution in [2.45, 2.75) is 31.7 Å². The lowest BCUT2D eigenvalue weighted by Crippen LogP contribution is -2.51. The third-order valence-corrected chi connectivity index (χ3v) is 5.75. The smallest absolute Gasteiger partial charge is 0.0479 e. The molecule has 0 spiro atoms. The summed E-state index contributed by atoms with van der Waals surface area (Å²) in [7, 11) is 0. The topological polar surface area (TPSA) is 6.48 Å². The molecule has 0 aliphatic carbocycles. The second-order valence-corrected chi connectivity index (χ2v) is 7.26. The van der Waals surface area contributed by atoms with Crippen LogP contribution < -0.4 is 0 Å². The van der Waals surface area contributed by atoms with Crippen molar-refractivity contribution in [2.75, 3.05) is 32.7 Å². The van der Waals surface area contributed by atoms with Crippen LogP contribution in [0.2, 0.25) is 0 Å². The van der Waals surface area contributed by atoms with Gasteiger partial charge in [0.25, 0.3) is 0 Å². The molecule has 2 aliphatic heterocycles. The summed E-state index contributed by atoms with van der Waals surface area (Å²) in [5.74, 6) is 0.515. The second kappa shape index (κ2) is 7.08. The number of hydrogen-bond acceptors (Lipinski definition) is 2. The molecule has 24 heavy (non-hydrogen) atoms. The average Bonchev–Trinajstić information content (AvgIpc) is 2.66. The Labute approximate surface area is 146 Å². The van der Waals surface area contributed by atoms with Gasteiger partial charge in [-0.25, -0.2) is 0 Å². The molecular weight excluding hydrogens is 292 g/mol. The Balaban J connectivity index is 1.64. The van der Waals surface area contributed by atoms with Crippen molar-refractivity contribution in [2.24, 2.45) is 0 Å². The number of benzene rings is 2. The molecule has 1 fully saturated rings. The van der Waals surface area contributed by atoms with Crippen LogP contribution in [0.25, 0.3) is 0 Å². The number of nitrogens with zero attached hydrogens (tertiary/aromatic N) is 2. The van der Waals surface area contributed by atoms with Gasteiger partial charge in [-0.1, -0.05) is 67.9 Å². The van der Waals surface area contributed by atoms with Gasteiger partial charge < -0.3 is 4.90 Å². The first kappa shape index (κ1) is 15.9. The Morgan fingerprint density at radius 2 is 1.62 bits per heavy atom. The highest BCUT2D eigenvalue weighted by Crippen LogP contribution is 2.40. The van der Waals surface area contributed by atoms with Gasteiger partial charge in [-0.3, -0.25) is 4.90 Å². The van der Waals surface area contributed by atoms with E-state index in [9.17, 15) is 0 Å². The largest absolute Gasteiger partial charge is 0.300 e. The van der Waals surface area contributed by atoms with Crippen molar-refractivity contribution >= 4 is 0 Å². The minimum Gasteiger partial charge on any atom is -0.300 e. The third-order valence-electron chi connectivity index (χ3n) is 5.75. The van der Waals surface area contributed by atoms with Crippen LogP contribution in [0.15, 0.2) is 54.6 Å². The number of fused-ring (bicyclic) bond motifs is 3. The molecule has 2 heterocycles. The van der Waals surface area contributed by atoms with E-state index in [-0.39, 0.29) is 0 Å². The second-order valence-electron chi connectivity index (χ2n) is 7.26. The molecule has 2 aromatic rings. The van der Waals surface area contributed by atoms with Crippen LogP contribution in [-0.2, 0) is 0 Å². The zero-order valence-corrected chi connectivity index (χ0v) is 14.7. The molecule has 0 bridgehead atoms. The lowest BCUT2D eigenvalue weighted by Gasteiger charge is -2.47. The van der Waals surface area contributed by atoms with E-state index in [1.165, 1.54) is 44.6 Å². The van der Waals surface area contributed by atoms with Gasteiger partial charge in [-0.15, -0.1) is 0 Å². The number of hydrogen-bond donors (Lipinski definition) is 0. The lowest BCUT2D eigenvalue weighted by atomic mass is 9.80. The molecule has 0 aromatic heterocycles. The Kier molecular flexibility index (Phi) is 4.68. The van der Waals surface area contributed by atoms with E-state index in [0.29, 0.717) is 12.0 Å². The van der Waals surface area contributed by atoms with E-state index in [1.54, 1.807) is 11.1 Å². The molecule has 4 rings (SSSR count). The molecule has 2 atom stereocenters. The molecule has 0 unspecified atom stereocenters. The average molecular weight is 320 g/mol. The first-order valence-corrected chi connectivity index (χ1v) is 9.47. The molecule has 2 aliphatic rings. The molecule has 126 valence electrons. The van der Waals surface area contributed by atoms with Crippen molar-refractivity contribution in [3.05, 3.63) is 71.3 Å². The highest BCUT2D eigenvalue weighted by atomic mass is 15.3. The predicted molar refractivity (Wildman–Crippen MR) is 100 cm³/mol. The first-order valence-electron chi connectivity index (χ1n) is 9.47. The van der Waals surface area contributed by atoms with E-state index in [2.05, 4.69) is 71.3 Å². The van der Waals surface area contributed by atoms with Crippen molar-refractivity contribution < 1.29 is 0 Å². The summed E-state index contributed by atoms with van der Waals surface area (Å²) in [6, 6.07) is 20.8. The SMILES string of the molecule is CCCCN1CCN2C[C@@H](c3ccccc3)c3ccccc3[C@@H]2C1. The monoisotopic (exact) mass is 320 g/mol. The van der Waals surface area contributed by atoms with Crippen LogP contribution in [0.5, 0.6) is 0 Å². The molecule has 0 amide bonds. The Bertz CT molecular complexity index is 667. The normalized spacial score (nSPS) is 24.4. The number of piperazine rings is 1. The molecular formula is C22H28N2. The summed E-state index contributed by atoms with van der Waals surface area (Å²) in [6.07, 6.45) is 2.61. The Hall–Kier alpha value is -1.64. The Morgan fingerprint density at radius 3 is 2.42 bits per heavy atom. The van der Waals surface area contributed by atoms with Gasteiger partial charge in [0, 0.05) is 38.1 Å². The number of unbranched alkanes of at least 4 members (excludes halogenated alkanes) is 1. The summed E-state index contributed by atoms with van der Waals surface area (Å²) in [6.45, 7) is 8.32. The van der Waals surface area contributed by atoms with E-state index >= 15 is 0 Å². The minimum atomic E-state index is 0.515. The van der Waals surface area contributed by atoms with E-state index in [4.69, 9.17) is 0 Å². The summed E-state index contributed by atoms with van der Waals surface area (Å²) in [4.78, 5) is 5.40. The standard InChI is InChI=1S/C22H28N2/c1-2-3-13-23-14-15-24-16-21(18-9-5-4-6-10-18)19-11-7-8-12-20(19)22(24)17-23/h4-12,21-22H,2-3,13-17H2,1H3/t21-,22-/m0/s1. The molecule has 1 saturated heterocycles. The fraction of sp³-hybridized carbons (Fsp3) is 0.455. The fourth-order valence-electron chi connectivity index (χ4n) is 4.41. The molecule has 0 saturated carbocycles. The van der Waals surface area contributed by atoms with E-state index < -0.39 is 0 Å². The molecule has 0 N–H and O–H groups in total. The minimum absolute atomic E-state index is 0.515. The van der Waals surface area contributed by atoms with Crippen molar-refractivity contribution in [1.82, 2.24) is 9.80 Å². The molecule has 2 heteroatoms. The molecule has 2 aromatic carbocycles. The maximum atomic E-state index is 2.72. The van der Waals surface area contributed by atoms with Crippen molar-refractivity contribution in [1.29, 1.82) is 0 Å². The number of rotatable bonds is 4. The van der Waals surface area contributed by atoms with Gasteiger partial charge in [-0.05, 0) is 29.7 Å². The van der Waals surface area contributed by atoms with Crippen molar-refractivity contribution in [3.8, 4) is 0 Å². The van der Waals surface area contributed by atoms with Crippen LogP contribution in [0.4, 0.5) is 0 Å². The summed E-state index contributed by atoms with van der Waals surface area (Å²) < 4.78 is 0. The van der Waals surface area contributed by atoms with Crippen LogP contribution in [0, 0.1) is 0 Å². The Morgan fingerprint density at radius 1 is 0.875 bits per heavy atom. The predicted octanol–water partition coefficient (Wildman–Crippen LogP) is 4.29. The zero-order valence-electron chi connectivity index (χ0n) is 14.7. The highest BCUT2D eigenvalue weighted by Gasteiger charge is 2.36. The van der Waals surface area contributed by atoms with Gasteiger partial charge in [-0.2, -0.15) is 0 Å². The quantitative estimate of drug-likeness (QED) is 0.829. The van der Waals surface area contributed by atoms with Crippen LogP contribution in [-0.4, -0.2) is 42.5 Å². The van der Waals surface area contributed by atoms with Gasteiger partial charge in [0.15, 0.2) is 0 Å². The molecule has 2 nitrogen and oxygen atoms in total. The van der Waals surface area contributed by atoms with E-state index in [0.717, 1.165) is 6.54 Å². The zero-order chi connectivity index (χ0) is 16.4. The van der Waals surface area contributed by atoms with Gasteiger partial charge in [0.05, 0.1) is 0 Å². The van der Waals surface area contributed by atoms with Crippen LogP contribution in [0.1, 0.15) is 48.4 Å². The summed E-state index contributed by atoms with van der Waals surface area (Å²) in [5.41, 5.74) is 4.55. The van der Waals surface area contributed by atoms with Crippen molar-refractivity contribution in [3.63, 3.8) is 0 Å². The summed E-state index contributed by atoms with van der Waals surface area (Å²) >= 11 is 0. The lowest BCUT2D eigenvalue weighted by molar-refractivity contribution is 0.0620. The fourth-order valence-corrected chi connectivity index (χ4v) is 4.41. The van der Waals surface area contributed by atoms with Gasteiger partial charge >= 0.3 is 0 Å². The third kappa shape index (κ3) is 3.01. The highest BCUT2D eigenvalue weighted by molar-refractivity contribution is 5.42. The van der Waals surface area contributed by atoms with Gasteiger partial charge in [0.1, 0.15) is 0 Å². The molecule has 0 radical (unpaired) electrons. The first-order chi connectivity index (χ1) is 11.9. The van der Waals surface area contributed by atoms with Gasteiger partial charge in [0.2, 0.25) is 0 Å².